The summed E-state index contributed by atoms with van der Waals surface area (Å²) in [5, 5.41) is 10.7. The van der Waals surface area contributed by atoms with Crippen molar-refractivity contribution in [3.8, 4) is 5.75 Å². The third-order valence-electron chi connectivity index (χ3n) is 3.50. The summed E-state index contributed by atoms with van der Waals surface area (Å²) in [5.74, 6) is 1.76. The molecule has 2 aromatic carbocycles. The van der Waals surface area contributed by atoms with E-state index in [4.69, 9.17) is 4.74 Å². The van der Waals surface area contributed by atoms with Crippen molar-refractivity contribution >= 4 is 11.8 Å². The Hall–Kier alpha value is -1.45. The molecule has 0 aromatic heterocycles. The van der Waals surface area contributed by atoms with Crippen LogP contribution in [0.1, 0.15) is 28.0 Å². The van der Waals surface area contributed by atoms with Crippen LogP contribution in [0.4, 0.5) is 0 Å². The maximum Gasteiger partial charge on any atom is 0.119 e. The number of rotatable bonds is 2. The highest BCUT2D eigenvalue weighted by atomic mass is 32.2. The number of ether oxygens (including phenoxy) is 1. The fourth-order valence-corrected chi connectivity index (χ4v) is 3.77. The van der Waals surface area contributed by atoms with Crippen LogP contribution in [0.25, 0.3) is 0 Å². The van der Waals surface area contributed by atoms with Crippen molar-refractivity contribution in [3.05, 3.63) is 65.2 Å². The van der Waals surface area contributed by atoms with E-state index in [0.717, 1.165) is 17.1 Å². The van der Waals surface area contributed by atoms with Gasteiger partial charge in [-0.2, -0.15) is 0 Å². The zero-order chi connectivity index (χ0) is 13.2. The Morgan fingerprint density at radius 3 is 2.68 bits per heavy atom. The molecule has 0 fully saturated rings. The van der Waals surface area contributed by atoms with Gasteiger partial charge in [-0.3, -0.25) is 0 Å². The van der Waals surface area contributed by atoms with Gasteiger partial charge in [-0.1, -0.05) is 36.4 Å². The predicted octanol–water partition coefficient (Wildman–Crippen LogP) is 3.72. The number of aliphatic hydroxyl groups is 1. The molecule has 0 unspecified atom stereocenters. The SMILES string of the molecule is COc1ccc2c(c1)CS[C@H](c1ccccc1)[C@@H]2O. The van der Waals surface area contributed by atoms with E-state index in [2.05, 4.69) is 12.1 Å². The maximum absolute atomic E-state index is 10.6. The Morgan fingerprint density at radius 2 is 1.95 bits per heavy atom. The summed E-state index contributed by atoms with van der Waals surface area (Å²) in [5.41, 5.74) is 3.37. The van der Waals surface area contributed by atoms with Crippen molar-refractivity contribution < 1.29 is 9.84 Å². The van der Waals surface area contributed by atoms with E-state index in [0.29, 0.717) is 0 Å². The molecule has 2 nitrogen and oxygen atoms in total. The molecule has 1 heterocycles. The van der Waals surface area contributed by atoms with Crippen LogP contribution in [0, 0.1) is 0 Å². The summed E-state index contributed by atoms with van der Waals surface area (Å²) < 4.78 is 5.24. The van der Waals surface area contributed by atoms with E-state index in [1.54, 1.807) is 18.9 Å². The van der Waals surface area contributed by atoms with Crippen molar-refractivity contribution in [2.45, 2.75) is 17.1 Å². The van der Waals surface area contributed by atoms with E-state index < -0.39 is 6.10 Å². The third kappa shape index (κ3) is 2.36. The first-order valence-corrected chi connectivity index (χ1v) is 7.36. The lowest BCUT2D eigenvalue weighted by molar-refractivity contribution is 0.172. The summed E-state index contributed by atoms with van der Waals surface area (Å²) in [6.07, 6.45) is -0.456. The van der Waals surface area contributed by atoms with E-state index >= 15 is 0 Å². The Bertz CT molecular complexity index is 568. The van der Waals surface area contributed by atoms with Gasteiger partial charge in [0.1, 0.15) is 5.75 Å². The second kappa shape index (κ2) is 5.27. The van der Waals surface area contributed by atoms with Crippen LogP contribution in [-0.2, 0) is 5.75 Å². The summed E-state index contributed by atoms with van der Waals surface area (Å²) in [7, 11) is 1.67. The van der Waals surface area contributed by atoms with Gasteiger partial charge in [-0.15, -0.1) is 11.8 Å². The summed E-state index contributed by atoms with van der Waals surface area (Å²) in [4.78, 5) is 0. The summed E-state index contributed by atoms with van der Waals surface area (Å²) >= 11 is 1.78. The highest BCUT2D eigenvalue weighted by molar-refractivity contribution is 7.98. The van der Waals surface area contributed by atoms with Gasteiger partial charge in [0.05, 0.1) is 18.5 Å². The fraction of sp³-hybridized carbons (Fsp3) is 0.250. The number of thioether (sulfide) groups is 1. The standard InChI is InChI=1S/C16H16O2S/c1-18-13-7-8-14-12(9-13)10-19-16(15(14)17)11-5-3-2-4-6-11/h2-9,15-17H,10H2,1H3/t15-,16-/m1/s1. The van der Waals surface area contributed by atoms with Crippen LogP contribution in [0.2, 0.25) is 0 Å². The van der Waals surface area contributed by atoms with Crippen molar-refractivity contribution in [1.82, 2.24) is 0 Å². The fourth-order valence-electron chi connectivity index (χ4n) is 2.48. The molecule has 3 heteroatoms. The molecule has 2 atom stereocenters. The van der Waals surface area contributed by atoms with Gasteiger partial charge in [-0.25, -0.2) is 0 Å². The molecule has 1 aliphatic heterocycles. The topological polar surface area (TPSA) is 29.5 Å². The molecule has 98 valence electrons. The van der Waals surface area contributed by atoms with Gasteiger partial charge < -0.3 is 9.84 Å². The minimum atomic E-state index is -0.456. The average molecular weight is 272 g/mol. The zero-order valence-corrected chi connectivity index (χ0v) is 11.6. The lowest BCUT2D eigenvalue weighted by Crippen LogP contribution is -2.15. The van der Waals surface area contributed by atoms with E-state index in [-0.39, 0.29) is 5.25 Å². The largest absolute Gasteiger partial charge is 0.497 e. The van der Waals surface area contributed by atoms with Crippen molar-refractivity contribution in [3.63, 3.8) is 0 Å². The monoisotopic (exact) mass is 272 g/mol. The van der Waals surface area contributed by atoms with Crippen molar-refractivity contribution in [2.75, 3.05) is 7.11 Å². The van der Waals surface area contributed by atoms with Crippen LogP contribution in [-0.4, -0.2) is 12.2 Å². The van der Waals surface area contributed by atoms with Crippen LogP contribution in [0.5, 0.6) is 5.75 Å². The second-order valence-electron chi connectivity index (χ2n) is 4.65. The minimum Gasteiger partial charge on any atom is -0.497 e. The van der Waals surface area contributed by atoms with Crippen LogP contribution < -0.4 is 4.74 Å². The maximum atomic E-state index is 10.6. The van der Waals surface area contributed by atoms with Crippen LogP contribution in [0.3, 0.4) is 0 Å². The number of fused-ring (bicyclic) bond motifs is 1. The second-order valence-corrected chi connectivity index (χ2v) is 5.78. The molecule has 19 heavy (non-hydrogen) atoms. The van der Waals surface area contributed by atoms with E-state index in [1.165, 1.54) is 11.1 Å². The summed E-state index contributed by atoms with van der Waals surface area (Å²) in [6, 6.07) is 16.1. The molecule has 0 spiro atoms. The van der Waals surface area contributed by atoms with E-state index in [1.807, 2.05) is 36.4 Å². The molecule has 0 amide bonds. The number of benzene rings is 2. The lowest BCUT2D eigenvalue weighted by Gasteiger charge is -2.30. The first-order valence-electron chi connectivity index (χ1n) is 6.31. The van der Waals surface area contributed by atoms with Gasteiger partial charge >= 0.3 is 0 Å². The average Bonchev–Trinajstić information content (AvgIpc) is 2.48. The molecule has 3 rings (SSSR count). The first kappa shape index (κ1) is 12.6. The number of hydrogen-bond donors (Lipinski definition) is 1. The van der Waals surface area contributed by atoms with Gasteiger partial charge in [0.2, 0.25) is 0 Å². The Balaban J connectivity index is 1.94. The molecule has 0 bridgehead atoms. The van der Waals surface area contributed by atoms with Crippen molar-refractivity contribution in [1.29, 1.82) is 0 Å². The number of aliphatic hydroxyl groups excluding tert-OH is 1. The molecule has 0 saturated heterocycles. The van der Waals surface area contributed by atoms with Gasteiger partial charge in [-0.05, 0) is 28.8 Å². The smallest absolute Gasteiger partial charge is 0.119 e. The molecule has 1 N–H and O–H groups in total. The Morgan fingerprint density at radius 1 is 1.16 bits per heavy atom. The molecule has 0 radical (unpaired) electrons. The van der Waals surface area contributed by atoms with E-state index in [9.17, 15) is 5.11 Å². The molecule has 1 aliphatic rings. The molecule has 0 saturated carbocycles. The molecular weight excluding hydrogens is 256 g/mol. The summed E-state index contributed by atoms with van der Waals surface area (Å²) in [6.45, 7) is 0. The van der Waals surface area contributed by atoms with Crippen LogP contribution >= 0.6 is 11.8 Å². The number of methoxy groups -OCH3 is 1. The Labute approximate surface area is 117 Å². The lowest BCUT2D eigenvalue weighted by atomic mass is 9.96. The normalized spacial score (nSPS) is 21.8. The first-order chi connectivity index (χ1) is 9.29. The molecule has 0 aliphatic carbocycles. The predicted molar refractivity (Wildman–Crippen MR) is 78.4 cm³/mol. The number of hydrogen-bond acceptors (Lipinski definition) is 3. The minimum absolute atomic E-state index is 0.113. The molecular formula is C16H16O2S. The highest BCUT2D eigenvalue weighted by Crippen LogP contribution is 2.47. The highest BCUT2D eigenvalue weighted by Gasteiger charge is 2.29. The van der Waals surface area contributed by atoms with Crippen LogP contribution in [0.15, 0.2) is 48.5 Å². The van der Waals surface area contributed by atoms with Gasteiger partial charge in [0, 0.05) is 5.75 Å². The molecule has 2 aromatic rings. The zero-order valence-electron chi connectivity index (χ0n) is 10.7. The van der Waals surface area contributed by atoms with Gasteiger partial charge in [0.25, 0.3) is 0 Å². The van der Waals surface area contributed by atoms with Gasteiger partial charge in [0.15, 0.2) is 0 Å². The van der Waals surface area contributed by atoms with Crippen molar-refractivity contribution in [2.24, 2.45) is 0 Å². The Kier molecular flexibility index (Phi) is 3.49. The quantitative estimate of drug-likeness (QED) is 0.903. The third-order valence-corrected chi connectivity index (χ3v) is 4.87.